The van der Waals surface area contributed by atoms with Crippen molar-refractivity contribution in [2.75, 3.05) is 11.9 Å². The van der Waals surface area contributed by atoms with Crippen LogP contribution in [0.25, 0.3) is 0 Å². The molecule has 0 spiro atoms. The maximum absolute atomic E-state index is 13.6. The van der Waals surface area contributed by atoms with Crippen molar-refractivity contribution in [3.8, 4) is 0 Å². The Morgan fingerprint density at radius 2 is 1.97 bits per heavy atom. The van der Waals surface area contributed by atoms with Crippen LogP contribution < -0.4 is 5.32 Å². The Kier molecular flexibility index (Phi) is 6.70. The second-order valence-electron chi connectivity index (χ2n) is 10.3. The van der Waals surface area contributed by atoms with Crippen molar-refractivity contribution < 1.29 is 32.2 Å². The first-order valence-electron chi connectivity index (χ1n) is 12.5. The van der Waals surface area contributed by atoms with E-state index in [9.17, 15) is 22.8 Å². The highest BCUT2D eigenvalue weighted by Crippen LogP contribution is 2.39. The number of hydrogen-bond donors (Lipinski definition) is 1. The molecule has 3 heterocycles. The van der Waals surface area contributed by atoms with Crippen LogP contribution in [0.2, 0.25) is 0 Å². The van der Waals surface area contributed by atoms with Crippen LogP contribution in [0, 0.1) is 5.92 Å². The third kappa shape index (κ3) is 5.33. The minimum Gasteiger partial charge on any atom is -0.347 e. The van der Waals surface area contributed by atoms with E-state index in [0.717, 1.165) is 31.7 Å². The lowest BCUT2D eigenvalue weighted by Crippen LogP contribution is -2.45. The summed E-state index contributed by atoms with van der Waals surface area (Å²) in [5, 5.41) is 2.72. The highest BCUT2D eigenvalue weighted by atomic mass is 19.4. The van der Waals surface area contributed by atoms with Crippen LogP contribution in [0.3, 0.4) is 0 Å². The van der Waals surface area contributed by atoms with E-state index in [2.05, 4.69) is 15.3 Å². The Morgan fingerprint density at radius 1 is 1.22 bits per heavy atom. The number of anilines is 1. The molecule has 1 N–H and O–H groups in total. The summed E-state index contributed by atoms with van der Waals surface area (Å²) in [6.07, 6.45) is 2.18. The van der Waals surface area contributed by atoms with Gasteiger partial charge >= 0.3 is 6.18 Å². The van der Waals surface area contributed by atoms with Gasteiger partial charge < -0.3 is 19.7 Å². The average Bonchev–Trinajstić information content (AvgIpc) is 3.56. The summed E-state index contributed by atoms with van der Waals surface area (Å²) in [4.78, 5) is 36.5. The summed E-state index contributed by atoms with van der Waals surface area (Å²) in [5.74, 6) is -1.39. The SMILES string of the molecule is CC1(C)OCC(c2cnc(NC(=O)C(CC3CCCC3)N3Cc4c(cccc4C(F)(F)F)C3=O)cn2)O1. The number of rotatable bonds is 6. The van der Waals surface area contributed by atoms with Gasteiger partial charge in [0, 0.05) is 12.1 Å². The molecule has 11 heteroatoms. The van der Waals surface area contributed by atoms with Gasteiger partial charge in [-0.05, 0) is 43.9 Å². The van der Waals surface area contributed by atoms with E-state index in [1.165, 1.54) is 29.4 Å². The number of carbonyl (C=O) groups is 2. The number of nitrogens with one attached hydrogen (secondary N) is 1. The third-order valence-corrected chi connectivity index (χ3v) is 7.27. The molecule has 2 unspecified atom stereocenters. The fourth-order valence-corrected chi connectivity index (χ4v) is 5.42. The Bertz CT molecular complexity index is 1180. The van der Waals surface area contributed by atoms with Gasteiger partial charge in [-0.3, -0.25) is 14.6 Å². The van der Waals surface area contributed by atoms with Crippen LogP contribution in [0.15, 0.2) is 30.6 Å². The number of benzene rings is 1. The topological polar surface area (TPSA) is 93.7 Å². The van der Waals surface area contributed by atoms with Crippen LogP contribution >= 0.6 is 0 Å². The molecule has 1 aromatic carbocycles. The Morgan fingerprint density at radius 3 is 2.59 bits per heavy atom. The summed E-state index contributed by atoms with van der Waals surface area (Å²) in [5.41, 5.74) is -0.389. The van der Waals surface area contributed by atoms with Gasteiger partial charge in [0.1, 0.15) is 12.1 Å². The highest BCUT2D eigenvalue weighted by Gasteiger charge is 2.43. The fourth-order valence-electron chi connectivity index (χ4n) is 5.42. The van der Waals surface area contributed by atoms with E-state index < -0.39 is 35.4 Å². The molecular weight excluding hydrogens is 489 g/mol. The number of amides is 2. The van der Waals surface area contributed by atoms with Crippen molar-refractivity contribution in [3.05, 3.63) is 53.0 Å². The largest absolute Gasteiger partial charge is 0.416 e. The molecule has 2 fully saturated rings. The molecule has 5 rings (SSSR count). The zero-order chi connectivity index (χ0) is 26.4. The summed E-state index contributed by atoms with van der Waals surface area (Å²) in [6, 6.07) is 2.65. The first kappa shape index (κ1) is 25.6. The van der Waals surface area contributed by atoms with E-state index in [0.29, 0.717) is 18.7 Å². The summed E-state index contributed by atoms with van der Waals surface area (Å²) in [7, 11) is 0. The molecule has 3 aliphatic rings. The smallest absolute Gasteiger partial charge is 0.347 e. The maximum Gasteiger partial charge on any atom is 0.416 e. The zero-order valence-corrected chi connectivity index (χ0v) is 20.7. The van der Waals surface area contributed by atoms with Gasteiger partial charge in [0.2, 0.25) is 5.91 Å². The predicted octanol–water partition coefficient (Wildman–Crippen LogP) is 4.86. The van der Waals surface area contributed by atoms with Crippen molar-refractivity contribution in [2.45, 2.75) is 76.6 Å². The molecular formula is C26H29F3N4O4. The highest BCUT2D eigenvalue weighted by molar-refractivity contribution is 6.03. The Labute approximate surface area is 212 Å². The quantitative estimate of drug-likeness (QED) is 0.587. The summed E-state index contributed by atoms with van der Waals surface area (Å²) >= 11 is 0. The van der Waals surface area contributed by atoms with Gasteiger partial charge in [-0.15, -0.1) is 0 Å². The summed E-state index contributed by atoms with van der Waals surface area (Å²) in [6.45, 7) is 3.66. The van der Waals surface area contributed by atoms with Crippen LogP contribution in [-0.4, -0.2) is 45.1 Å². The van der Waals surface area contributed by atoms with Gasteiger partial charge in [-0.2, -0.15) is 13.2 Å². The molecule has 8 nitrogen and oxygen atoms in total. The Hall–Kier alpha value is -3.05. The zero-order valence-electron chi connectivity index (χ0n) is 20.7. The van der Waals surface area contributed by atoms with E-state index in [-0.39, 0.29) is 35.5 Å². The van der Waals surface area contributed by atoms with E-state index in [4.69, 9.17) is 9.47 Å². The van der Waals surface area contributed by atoms with Gasteiger partial charge in [0.05, 0.1) is 30.3 Å². The fraction of sp³-hybridized carbons (Fsp3) is 0.538. The number of aromatic nitrogens is 2. The molecule has 1 saturated heterocycles. The monoisotopic (exact) mass is 518 g/mol. The number of alkyl halides is 3. The van der Waals surface area contributed by atoms with Crippen molar-refractivity contribution in [1.82, 2.24) is 14.9 Å². The molecule has 1 aromatic heterocycles. The lowest BCUT2D eigenvalue weighted by molar-refractivity contribution is -0.139. The standard InChI is InChI=1S/C26H29F3N4O4/c1-25(2)36-14-21(37-25)19-11-31-22(12-30-19)32-23(34)20(10-15-6-3-4-7-15)33-13-17-16(24(33)35)8-5-9-18(17)26(27,28)29/h5,8-9,11-12,15,20-21H,3-4,6-7,10,13-14H2,1-2H3,(H,31,32,34). The Balaban J connectivity index is 1.35. The average molecular weight is 519 g/mol. The molecule has 2 atom stereocenters. The maximum atomic E-state index is 13.6. The number of halogens is 3. The molecule has 2 aromatic rings. The number of carbonyl (C=O) groups excluding carboxylic acids is 2. The molecule has 1 aliphatic carbocycles. The molecule has 2 amide bonds. The normalized spacial score (nSPS) is 22.4. The van der Waals surface area contributed by atoms with Crippen molar-refractivity contribution >= 4 is 17.6 Å². The minimum absolute atomic E-state index is 0.00935. The third-order valence-electron chi connectivity index (χ3n) is 7.27. The van der Waals surface area contributed by atoms with Crippen LogP contribution in [0.1, 0.15) is 79.2 Å². The molecule has 1 saturated carbocycles. The first-order chi connectivity index (χ1) is 17.5. The van der Waals surface area contributed by atoms with Gasteiger partial charge in [-0.25, -0.2) is 4.98 Å². The minimum atomic E-state index is -4.59. The number of ether oxygens (including phenoxy) is 2. The molecule has 37 heavy (non-hydrogen) atoms. The second kappa shape index (κ2) is 9.68. The van der Waals surface area contributed by atoms with Gasteiger partial charge in [0.15, 0.2) is 11.6 Å². The van der Waals surface area contributed by atoms with Crippen molar-refractivity contribution in [3.63, 3.8) is 0 Å². The van der Waals surface area contributed by atoms with Gasteiger partial charge in [-0.1, -0.05) is 31.7 Å². The lowest BCUT2D eigenvalue weighted by atomic mass is 9.96. The number of hydrogen-bond acceptors (Lipinski definition) is 6. The van der Waals surface area contributed by atoms with Crippen LogP contribution in [-0.2, 0) is 27.0 Å². The van der Waals surface area contributed by atoms with Crippen molar-refractivity contribution in [1.29, 1.82) is 0 Å². The second-order valence-corrected chi connectivity index (χ2v) is 10.3. The van der Waals surface area contributed by atoms with E-state index in [1.807, 2.05) is 0 Å². The molecule has 2 aliphatic heterocycles. The van der Waals surface area contributed by atoms with Gasteiger partial charge in [0.25, 0.3) is 5.91 Å². The molecule has 0 radical (unpaired) electrons. The number of fused-ring (bicyclic) bond motifs is 1. The van der Waals surface area contributed by atoms with E-state index >= 15 is 0 Å². The first-order valence-corrected chi connectivity index (χ1v) is 12.5. The van der Waals surface area contributed by atoms with Crippen LogP contribution in [0.5, 0.6) is 0 Å². The predicted molar refractivity (Wildman–Crippen MR) is 126 cm³/mol. The van der Waals surface area contributed by atoms with Crippen molar-refractivity contribution in [2.24, 2.45) is 5.92 Å². The summed E-state index contributed by atoms with van der Waals surface area (Å²) < 4.78 is 52.2. The van der Waals surface area contributed by atoms with Crippen LogP contribution in [0.4, 0.5) is 19.0 Å². The lowest BCUT2D eigenvalue weighted by Gasteiger charge is -2.29. The molecule has 198 valence electrons. The van der Waals surface area contributed by atoms with E-state index in [1.54, 1.807) is 13.8 Å². The molecule has 0 bridgehead atoms. The number of nitrogens with zero attached hydrogens (tertiary/aromatic N) is 3.